The van der Waals surface area contributed by atoms with Gasteiger partial charge in [-0.15, -0.1) is 0 Å². The van der Waals surface area contributed by atoms with Crippen LogP contribution in [0.25, 0.3) is 45.3 Å². The van der Waals surface area contributed by atoms with Crippen molar-refractivity contribution in [1.29, 1.82) is 0 Å². The molecular weight excluding hydrogens is 800 g/mol. The third kappa shape index (κ3) is 5.56. The summed E-state index contributed by atoms with van der Waals surface area (Å²) in [5.74, 6) is 1.92. The summed E-state index contributed by atoms with van der Waals surface area (Å²) in [5.41, 5.74) is 19.8. The second-order valence-electron chi connectivity index (χ2n) is 18.3. The number of rotatable bonds is 5. The molecule has 0 amide bonds. The van der Waals surface area contributed by atoms with Crippen LogP contribution in [0.5, 0.6) is 0 Å². The molecule has 0 bridgehead atoms. The number of benzene rings is 9. The highest BCUT2D eigenvalue weighted by atomic mass is 15.1. The van der Waals surface area contributed by atoms with Gasteiger partial charge in [-0.25, -0.2) is 15.0 Å². The number of hydrogen-bond acceptors (Lipinski definition) is 4. The Hall–Kier alpha value is -8.15. The fraction of sp³-hybridized carbons (Fsp3) is 0.0656. The van der Waals surface area contributed by atoms with Crippen LogP contribution in [0.15, 0.2) is 224 Å². The van der Waals surface area contributed by atoms with E-state index in [1.165, 1.54) is 72.3 Å². The van der Waals surface area contributed by atoms with Gasteiger partial charge in [0.25, 0.3) is 0 Å². The molecule has 10 aromatic rings. The van der Waals surface area contributed by atoms with Crippen LogP contribution in [-0.2, 0) is 10.8 Å². The largest absolute Gasteiger partial charge is 0.312 e. The Kier molecular flexibility index (Phi) is 8.53. The predicted molar refractivity (Wildman–Crippen MR) is 271 cm³/mol. The molecule has 66 heavy (non-hydrogen) atoms. The Morgan fingerprint density at radius 2 is 0.803 bits per heavy atom. The molecule has 5 heteroatoms. The standard InChI is InChI=1S/C61H43BN4/c1-60(2)48-25-11-13-27-50(48)61(51-28-14-12-26-49(51)60)47-24-10-9-23-45(47)46-38-35-42(39-52(46)61)59-64-57(40-19-5-3-6-20-40)63-58(65-59)41-33-36-43(37-34-41)62-53-29-15-17-31-55(53)66(44-21-7-4-8-22-44)56-32-18-16-30-54(56)62/h3-39H,1-2H3. The zero-order valence-corrected chi connectivity index (χ0v) is 36.7. The second kappa shape index (κ2) is 14.7. The van der Waals surface area contributed by atoms with Gasteiger partial charge < -0.3 is 4.90 Å². The van der Waals surface area contributed by atoms with Gasteiger partial charge in [0.05, 0.1) is 5.41 Å². The number of hydrogen-bond donors (Lipinski definition) is 0. The van der Waals surface area contributed by atoms with Crippen LogP contribution in [0.1, 0.15) is 47.2 Å². The molecule has 1 aromatic heterocycles. The Bertz CT molecular complexity index is 3430. The van der Waals surface area contributed by atoms with E-state index in [4.69, 9.17) is 15.0 Å². The van der Waals surface area contributed by atoms with E-state index >= 15 is 0 Å². The maximum atomic E-state index is 5.35. The van der Waals surface area contributed by atoms with E-state index in [-0.39, 0.29) is 12.1 Å². The van der Waals surface area contributed by atoms with Gasteiger partial charge in [0.15, 0.2) is 17.5 Å². The lowest BCUT2D eigenvalue weighted by Gasteiger charge is -2.46. The lowest BCUT2D eigenvalue weighted by atomic mass is 9.35. The van der Waals surface area contributed by atoms with Crippen LogP contribution in [0.4, 0.5) is 17.1 Å². The van der Waals surface area contributed by atoms with E-state index in [9.17, 15) is 0 Å². The molecule has 1 spiro atoms. The molecule has 0 N–H and O–H groups in total. The molecular formula is C61H43BN4. The van der Waals surface area contributed by atoms with Crippen LogP contribution in [-0.4, -0.2) is 21.7 Å². The number of aromatic nitrogens is 3. The second-order valence-corrected chi connectivity index (χ2v) is 18.3. The molecule has 0 saturated heterocycles. The maximum Gasteiger partial charge on any atom is 0.246 e. The van der Waals surface area contributed by atoms with Crippen LogP contribution >= 0.6 is 0 Å². The van der Waals surface area contributed by atoms with Crippen molar-refractivity contribution in [2.45, 2.75) is 24.7 Å². The van der Waals surface area contributed by atoms with E-state index in [2.05, 4.69) is 225 Å². The number of fused-ring (bicyclic) bond motifs is 11. The zero-order valence-electron chi connectivity index (χ0n) is 36.7. The first-order chi connectivity index (χ1) is 32.5. The third-order valence-corrected chi connectivity index (χ3v) is 14.5. The first-order valence-electron chi connectivity index (χ1n) is 22.9. The Morgan fingerprint density at radius 3 is 1.41 bits per heavy atom. The van der Waals surface area contributed by atoms with Gasteiger partial charge in [0.1, 0.15) is 0 Å². The first kappa shape index (κ1) is 38.3. The highest BCUT2D eigenvalue weighted by Crippen LogP contribution is 2.62. The van der Waals surface area contributed by atoms with E-state index < -0.39 is 5.41 Å². The average molecular weight is 843 g/mol. The molecule has 0 radical (unpaired) electrons. The molecule has 310 valence electrons. The molecule has 9 aromatic carbocycles. The van der Waals surface area contributed by atoms with Crippen LogP contribution in [0, 0.1) is 0 Å². The summed E-state index contributed by atoms with van der Waals surface area (Å²) in [7, 11) is 0. The first-order valence-corrected chi connectivity index (χ1v) is 22.9. The Labute approximate surface area is 386 Å². The molecule has 13 rings (SSSR count). The van der Waals surface area contributed by atoms with E-state index in [0.717, 1.165) is 22.4 Å². The van der Waals surface area contributed by atoms with Crippen LogP contribution < -0.4 is 21.3 Å². The highest BCUT2D eigenvalue weighted by molar-refractivity contribution is 6.98. The number of nitrogens with zero attached hydrogens (tertiary/aromatic N) is 4. The summed E-state index contributed by atoms with van der Waals surface area (Å²) >= 11 is 0. The van der Waals surface area contributed by atoms with Crippen LogP contribution in [0.2, 0.25) is 0 Å². The van der Waals surface area contributed by atoms with Crippen molar-refractivity contribution >= 4 is 40.2 Å². The molecule has 0 atom stereocenters. The molecule has 2 heterocycles. The topological polar surface area (TPSA) is 41.9 Å². The summed E-state index contributed by atoms with van der Waals surface area (Å²) in [4.78, 5) is 18.2. The number of anilines is 3. The van der Waals surface area contributed by atoms with Gasteiger partial charge in [-0.05, 0) is 85.8 Å². The lowest BCUT2D eigenvalue weighted by molar-refractivity contribution is 0.563. The third-order valence-electron chi connectivity index (χ3n) is 14.5. The molecule has 0 fully saturated rings. The normalized spacial score (nSPS) is 14.4. The highest BCUT2D eigenvalue weighted by Gasteiger charge is 2.53. The van der Waals surface area contributed by atoms with Crippen molar-refractivity contribution in [1.82, 2.24) is 15.0 Å². The molecule has 1 aliphatic heterocycles. The van der Waals surface area contributed by atoms with Crippen molar-refractivity contribution in [3.05, 3.63) is 258 Å². The number of para-hydroxylation sites is 3. The van der Waals surface area contributed by atoms with E-state index in [0.29, 0.717) is 17.5 Å². The van der Waals surface area contributed by atoms with Crippen molar-refractivity contribution < 1.29 is 0 Å². The summed E-state index contributed by atoms with van der Waals surface area (Å²) in [6, 6.07) is 81.4. The summed E-state index contributed by atoms with van der Waals surface area (Å²) in [6.45, 7) is 4.78. The molecule has 3 aliphatic rings. The molecule has 2 aliphatic carbocycles. The van der Waals surface area contributed by atoms with Gasteiger partial charge in [0, 0.05) is 39.2 Å². The van der Waals surface area contributed by atoms with Crippen molar-refractivity contribution in [3.8, 4) is 45.3 Å². The molecule has 0 saturated carbocycles. The Balaban J connectivity index is 0.963. The smallest absolute Gasteiger partial charge is 0.246 e. The fourth-order valence-corrected chi connectivity index (χ4v) is 11.6. The summed E-state index contributed by atoms with van der Waals surface area (Å²) < 4.78 is 0. The van der Waals surface area contributed by atoms with Gasteiger partial charge in [-0.1, -0.05) is 213 Å². The van der Waals surface area contributed by atoms with E-state index in [1.54, 1.807) is 0 Å². The SMILES string of the molecule is CC1(C)c2ccccc2C2(c3ccccc3-c3ccc(-c4nc(-c5ccccc5)nc(-c5ccc(B6c7ccccc7N(c7ccccc7)c7ccccc76)cc5)n4)cc32)c2ccccc21. The maximum absolute atomic E-state index is 5.35. The zero-order chi connectivity index (χ0) is 44.0. The minimum absolute atomic E-state index is 0.0451. The minimum Gasteiger partial charge on any atom is -0.312 e. The van der Waals surface area contributed by atoms with Gasteiger partial charge >= 0.3 is 0 Å². The monoisotopic (exact) mass is 842 g/mol. The Morgan fingerprint density at radius 1 is 0.364 bits per heavy atom. The van der Waals surface area contributed by atoms with E-state index in [1.807, 2.05) is 18.2 Å². The van der Waals surface area contributed by atoms with Gasteiger partial charge in [0.2, 0.25) is 6.71 Å². The van der Waals surface area contributed by atoms with Crippen molar-refractivity contribution in [2.24, 2.45) is 0 Å². The summed E-state index contributed by atoms with van der Waals surface area (Å²) in [5, 5.41) is 0. The van der Waals surface area contributed by atoms with Crippen LogP contribution in [0.3, 0.4) is 0 Å². The van der Waals surface area contributed by atoms with Crippen molar-refractivity contribution in [2.75, 3.05) is 4.90 Å². The minimum atomic E-state index is -0.521. The molecule has 0 unspecified atom stereocenters. The summed E-state index contributed by atoms with van der Waals surface area (Å²) in [6.07, 6.45) is 0. The quantitative estimate of drug-likeness (QED) is 0.162. The fourth-order valence-electron chi connectivity index (χ4n) is 11.6. The van der Waals surface area contributed by atoms with Gasteiger partial charge in [-0.3, -0.25) is 0 Å². The lowest BCUT2D eigenvalue weighted by Crippen LogP contribution is -2.57. The molecule has 4 nitrogen and oxygen atoms in total. The van der Waals surface area contributed by atoms with Crippen molar-refractivity contribution in [3.63, 3.8) is 0 Å². The van der Waals surface area contributed by atoms with Gasteiger partial charge in [-0.2, -0.15) is 0 Å². The average Bonchev–Trinajstić information content (AvgIpc) is 3.68. The predicted octanol–water partition coefficient (Wildman–Crippen LogP) is 12.2.